The molecule has 27 heavy (non-hydrogen) atoms. The summed E-state index contributed by atoms with van der Waals surface area (Å²) in [6, 6.07) is 13.6. The second kappa shape index (κ2) is 7.75. The van der Waals surface area contributed by atoms with Crippen LogP contribution in [0.25, 0.3) is 11.3 Å². The molecule has 2 bridgehead atoms. The molecule has 1 aromatic carbocycles. The highest BCUT2D eigenvalue weighted by Crippen LogP contribution is 2.61. The average Bonchev–Trinajstić information content (AvgIpc) is 2.59. The highest BCUT2D eigenvalue weighted by Gasteiger charge is 2.39. The van der Waals surface area contributed by atoms with Crippen LogP contribution in [-0.2, 0) is 4.95 Å². The molecule has 0 fully saturated rings. The zero-order valence-corrected chi connectivity index (χ0v) is 19.3. The van der Waals surface area contributed by atoms with E-state index in [1.54, 1.807) is 0 Å². The molecule has 0 saturated carbocycles. The maximum Gasteiger partial charge on any atom is 0.112 e. The van der Waals surface area contributed by atoms with Crippen molar-refractivity contribution in [3.63, 3.8) is 0 Å². The molecule has 0 N–H and O–H groups in total. The first kappa shape index (κ1) is 20.7. The van der Waals surface area contributed by atoms with Crippen molar-refractivity contribution in [2.24, 2.45) is 0 Å². The van der Waals surface area contributed by atoms with Crippen molar-refractivity contribution in [2.45, 2.75) is 76.1 Å². The van der Waals surface area contributed by atoms with E-state index >= 15 is 0 Å². The molecule has 2 aromatic rings. The number of pyridine rings is 1. The molecule has 3 rings (SSSR count). The molecule has 3 unspecified atom stereocenters. The SMILES string of the molecule is BC1(B)c2cccc(n2)-c2c(C(C)C)cccc2C(C)CC(C)P1C(C)C. The third kappa shape index (κ3) is 3.77. The molecule has 2 heterocycles. The molecule has 0 radical (unpaired) electrons. The van der Waals surface area contributed by atoms with Gasteiger partial charge in [0.1, 0.15) is 15.7 Å². The molecular weight excluding hydrogens is 343 g/mol. The smallest absolute Gasteiger partial charge is 0.112 e. The van der Waals surface area contributed by atoms with Gasteiger partial charge in [-0.1, -0.05) is 65.8 Å². The van der Waals surface area contributed by atoms with Crippen LogP contribution >= 0.6 is 7.92 Å². The number of benzene rings is 1. The quantitative estimate of drug-likeness (QED) is 0.528. The second-order valence-electron chi connectivity index (χ2n) is 9.42. The zero-order chi connectivity index (χ0) is 19.9. The predicted molar refractivity (Wildman–Crippen MR) is 127 cm³/mol. The molecule has 0 amide bonds. The van der Waals surface area contributed by atoms with E-state index in [9.17, 15) is 0 Å². The van der Waals surface area contributed by atoms with Gasteiger partial charge >= 0.3 is 0 Å². The van der Waals surface area contributed by atoms with Gasteiger partial charge in [0.05, 0.1) is 5.69 Å². The van der Waals surface area contributed by atoms with Crippen LogP contribution in [0.5, 0.6) is 0 Å². The minimum absolute atomic E-state index is 0.128. The van der Waals surface area contributed by atoms with Crippen LogP contribution in [-0.4, -0.2) is 32.0 Å². The van der Waals surface area contributed by atoms with Crippen LogP contribution in [0.3, 0.4) is 0 Å². The first-order valence-electron chi connectivity index (χ1n) is 10.5. The van der Waals surface area contributed by atoms with Crippen LogP contribution < -0.4 is 0 Å². The van der Waals surface area contributed by atoms with Crippen molar-refractivity contribution in [3.8, 4) is 11.3 Å². The largest absolute Gasteiger partial charge is 0.253 e. The maximum absolute atomic E-state index is 5.29. The third-order valence-electron chi connectivity index (χ3n) is 6.29. The Morgan fingerprint density at radius 3 is 2.33 bits per heavy atom. The number of hydrogen-bond acceptors (Lipinski definition) is 1. The van der Waals surface area contributed by atoms with Crippen LogP contribution in [0.1, 0.15) is 76.6 Å². The summed E-state index contributed by atoms with van der Waals surface area (Å²) in [5.41, 5.74) is 8.15. The molecule has 0 saturated heterocycles. The van der Waals surface area contributed by atoms with Gasteiger partial charge in [-0.15, -0.1) is 7.92 Å². The van der Waals surface area contributed by atoms with Gasteiger partial charge in [-0.3, -0.25) is 4.98 Å². The summed E-state index contributed by atoms with van der Waals surface area (Å²) in [5, 5.41) is 0. The summed E-state index contributed by atoms with van der Waals surface area (Å²) in [5.74, 6) is 1.05. The summed E-state index contributed by atoms with van der Waals surface area (Å²) >= 11 is 0. The van der Waals surface area contributed by atoms with E-state index in [0.29, 0.717) is 23.2 Å². The monoisotopic (exact) mass is 377 g/mol. The highest BCUT2D eigenvalue weighted by atomic mass is 31.1. The Morgan fingerprint density at radius 1 is 1.04 bits per heavy atom. The van der Waals surface area contributed by atoms with E-state index in [4.69, 9.17) is 4.98 Å². The Morgan fingerprint density at radius 2 is 1.70 bits per heavy atom. The fraction of sp³-hybridized carbons (Fsp3) is 0.522. The van der Waals surface area contributed by atoms with E-state index in [2.05, 4.69) is 93.6 Å². The van der Waals surface area contributed by atoms with Gasteiger partial charge in [0, 0.05) is 11.3 Å². The van der Waals surface area contributed by atoms with Crippen molar-refractivity contribution in [1.29, 1.82) is 0 Å². The van der Waals surface area contributed by atoms with Gasteiger partial charge in [0.2, 0.25) is 0 Å². The zero-order valence-electron chi connectivity index (χ0n) is 18.4. The Balaban J connectivity index is 2.32. The lowest BCUT2D eigenvalue weighted by Gasteiger charge is -2.43. The van der Waals surface area contributed by atoms with Crippen LogP contribution in [0, 0.1) is 0 Å². The summed E-state index contributed by atoms with van der Waals surface area (Å²) in [6.07, 6.45) is 1.26. The van der Waals surface area contributed by atoms with Gasteiger partial charge in [0.25, 0.3) is 0 Å². The Bertz CT molecular complexity index is 816. The van der Waals surface area contributed by atoms with Crippen molar-refractivity contribution in [1.82, 2.24) is 4.98 Å². The first-order chi connectivity index (χ1) is 12.6. The van der Waals surface area contributed by atoms with E-state index in [1.165, 1.54) is 34.5 Å². The summed E-state index contributed by atoms with van der Waals surface area (Å²) in [4.78, 5) is 5.42. The van der Waals surface area contributed by atoms with Gasteiger partial charge in [-0.05, 0) is 57.8 Å². The Kier molecular flexibility index (Phi) is 5.93. The van der Waals surface area contributed by atoms with Crippen LogP contribution in [0.15, 0.2) is 36.4 Å². The molecule has 142 valence electrons. The van der Waals surface area contributed by atoms with Crippen LogP contribution in [0.2, 0.25) is 0 Å². The Hall–Kier alpha value is -1.07. The molecule has 0 spiro atoms. The number of aromatic nitrogens is 1. The Labute approximate surface area is 169 Å². The number of nitrogens with zero attached hydrogens (tertiary/aromatic N) is 1. The van der Waals surface area contributed by atoms with E-state index < -0.39 is 0 Å². The minimum atomic E-state index is -0.183. The summed E-state index contributed by atoms with van der Waals surface area (Å²) in [6.45, 7) is 14.3. The standard InChI is InChI=1S/C23H34B2NP/c1-14(2)18-9-7-10-19-16(5)13-17(6)27(15(3)4)23(24,25)21-12-8-11-20(26-21)22(18)19/h7-12,14-17H,13,24-25H2,1-6H3. The average molecular weight is 377 g/mol. The molecule has 1 aromatic heterocycles. The van der Waals surface area contributed by atoms with Gasteiger partial charge in [0.15, 0.2) is 0 Å². The van der Waals surface area contributed by atoms with E-state index in [0.717, 1.165) is 0 Å². The summed E-state index contributed by atoms with van der Waals surface area (Å²) in [7, 11) is 4.68. The fourth-order valence-corrected chi connectivity index (χ4v) is 9.62. The van der Waals surface area contributed by atoms with E-state index in [-0.39, 0.29) is 12.9 Å². The molecule has 1 aliphatic heterocycles. The minimum Gasteiger partial charge on any atom is -0.253 e. The van der Waals surface area contributed by atoms with Crippen molar-refractivity contribution in [2.75, 3.05) is 0 Å². The molecule has 3 atom stereocenters. The lowest BCUT2D eigenvalue weighted by Crippen LogP contribution is -2.33. The number of fused-ring (bicyclic) bond motifs is 4. The summed E-state index contributed by atoms with van der Waals surface area (Å²) < 4.78 is 0. The molecule has 1 aliphatic rings. The highest BCUT2D eigenvalue weighted by molar-refractivity contribution is 7.63. The molecule has 0 aliphatic carbocycles. The van der Waals surface area contributed by atoms with Crippen molar-refractivity contribution in [3.05, 3.63) is 53.2 Å². The topological polar surface area (TPSA) is 12.9 Å². The molecule has 4 heteroatoms. The fourth-order valence-electron chi connectivity index (χ4n) is 5.28. The lowest BCUT2D eigenvalue weighted by molar-refractivity contribution is 0.662. The van der Waals surface area contributed by atoms with Gasteiger partial charge < -0.3 is 0 Å². The normalized spacial score (nSPS) is 24.7. The van der Waals surface area contributed by atoms with Gasteiger partial charge in [-0.2, -0.15) is 0 Å². The van der Waals surface area contributed by atoms with Crippen molar-refractivity contribution >= 4 is 23.6 Å². The maximum atomic E-state index is 5.29. The first-order valence-corrected chi connectivity index (χ1v) is 12.0. The lowest BCUT2D eigenvalue weighted by atomic mass is 9.67. The van der Waals surface area contributed by atoms with E-state index in [1.807, 2.05) is 0 Å². The predicted octanol–water partition coefficient (Wildman–Crippen LogP) is 5.03. The van der Waals surface area contributed by atoms with Gasteiger partial charge in [-0.25, -0.2) is 0 Å². The number of hydrogen-bond donors (Lipinski definition) is 0. The van der Waals surface area contributed by atoms with Crippen molar-refractivity contribution < 1.29 is 0 Å². The second-order valence-corrected chi connectivity index (χ2v) is 13.3. The molecular formula is C23H34B2NP. The van der Waals surface area contributed by atoms with Crippen LogP contribution in [0.4, 0.5) is 0 Å². The third-order valence-corrected chi connectivity index (χ3v) is 10.1. The number of rotatable bonds is 2. The molecule has 1 nitrogen and oxygen atoms in total.